The van der Waals surface area contributed by atoms with Gasteiger partial charge in [-0.3, -0.25) is 0 Å². The van der Waals surface area contributed by atoms with E-state index < -0.39 is 0 Å². The molecule has 0 radical (unpaired) electrons. The van der Waals surface area contributed by atoms with Crippen LogP contribution < -0.4 is 5.73 Å². The number of nitrogens with two attached hydrogens (primary N) is 1. The second-order valence-corrected chi connectivity index (χ2v) is 3.21. The minimum atomic E-state index is 0.644. The zero-order valence-electron chi connectivity index (χ0n) is 8.27. The first-order valence-electron chi connectivity index (χ1n) is 4.88. The summed E-state index contributed by atoms with van der Waals surface area (Å²) in [5.74, 6) is 0. The Morgan fingerprint density at radius 1 is 1.50 bits per heavy atom. The fraction of sp³-hybridized carbons (Fsp3) is 0.400. The van der Waals surface area contributed by atoms with E-state index in [9.17, 15) is 0 Å². The summed E-state index contributed by atoms with van der Waals surface area (Å²) in [5.41, 5.74) is 8.81. The van der Waals surface area contributed by atoms with Gasteiger partial charge >= 0.3 is 0 Å². The molecule has 4 nitrogen and oxygen atoms in total. The molecule has 4 heteroatoms. The van der Waals surface area contributed by atoms with E-state index in [1.807, 2.05) is 16.8 Å². The molecule has 0 aliphatic heterocycles. The molecule has 0 saturated carbocycles. The van der Waals surface area contributed by atoms with E-state index in [0.29, 0.717) is 6.54 Å². The first-order chi connectivity index (χ1) is 6.86. The van der Waals surface area contributed by atoms with Crippen molar-refractivity contribution in [2.45, 2.75) is 19.8 Å². The van der Waals surface area contributed by atoms with Crippen molar-refractivity contribution in [3.05, 3.63) is 29.7 Å². The summed E-state index contributed by atoms with van der Waals surface area (Å²) in [7, 11) is 0. The lowest BCUT2D eigenvalue weighted by atomic mass is 10.1. The topological polar surface area (TPSA) is 56.2 Å². The molecule has 0 saturated heterocycles. The quantitative estimate of drug-likeness (QED) is 0.778. The van der Waals surface area contributed by atoms with E-state index in [1.54, 1.807) is 6.20 Å². The lowest BCUT2D eigenvalue weighted by Gasteiger charge is -1.96. The van der Waals surface area contributed by atoms with Crippen molar-refractivity contribution in [3.8, 4) is 0 Å². The van der Waals surface area contributed by atoms with Gasteiger partial charge < -0.3 is 5.73 Å². The van der Waals surface area contributed by atoms with Crippen molar-refractivity contribution in [3.63, 3.8) is 0 Å². The molecule has 0 unspecified atom stereocenters. The minimum absolute atomic E-state index is 0.644. The Morgan fingerprint density at radius 2 is 2.36 bits per heavy atom. The van der Waals surface area contributed by atoms with Crippen LogP contribution >= 0.6 is 0 Å². The lowest BCUT2D eigenvalue weighted by molar-refractivity contribution is 0.879. The second kappa shape index (κ2) is 3.75. The van der Waals surface area contributed by atoms with Crippen LogP contribution in [0.25, 0.3) is 5.65 Å². The Bertz CT molecular complexity index is 433. The fourth-order valence-electron chi connectivity index (χ4n) is 1.66. The molecule has 0 aliphatic rings. The molecule has 2 rings (SSSR count). The molecule has 0 aliphatic carbocycles. The predicted molar refractivity (Wildman–Crippen MR) is 55.1 cm³/mol. The number of hydrogen-bond donors (Lipinski definition) is 1. The molecular formula is C10H14N4. The zero-order chi connectivity index (χ0) is 9.97. The van der Waals surface area contributed by atoms with Gasteiger partial charge in [-0.25, -0.2) is 9.50 Å². The molecular weight excluding hydrogens is 176 g/mol. The number of rotatable bonds is 3. The summed E-state index contributed by atoms with van der Waals surface area (Å²) in [5, 5.41) is 4.45. The first kappa shape index (κ1) is 9.15. The van der Waals surface area contributed by atoms with Gasteiger partial charge in [-0.1, -0.05) is 6.92 Å². The maximum absolute atomic E-state index is 5.57. The maximum atomic E-state index is 5.57. The minimum Gasteiger partial charge on any atom is -0.330 e. The Kier molecular flexibility index (Phi) is 2.45. The highest BCUT2D eigenvalue weighted by atomic mass is 15.2. The van der Waals surface area contributed by atoms with Crippen LogP contribution in [0.4, 0.5) is 0 Å². The molecule has 0 amide bonds. The van der Waals surface area contributed by atoms with Crippen molar-refractivity contribution in [1.82, 2.24) is 14.6 Å². The van der Waals surface area contributed by atoms with Crippen LogP contribution in [0.3, 0.4) is 0 Å². The number of aromatic nitrogens is 3. The van der Waals surface area contributed by atoms with Crippen molar-refractivity contribution in [2.24, 2.45) is 5.73 Å². The van der Waals surface area contributed by atoms with Gasteiger partial charge in [0, 0.05) is 18.0 Å². The van der Waals surface area contributed by atoms with Gasteiger partial charge in [0.15, 0.2) is 5.65 Å². The third-order valence-electron chi connectivity index (χ3n) is 2.30. The van der Waals surface area contributed by atoms with Gasteiger partial charge in [0.1, 0.15) is 0 Å². The molecule has 74 valence electrons. The summed E-state index contributed by atoms with van der Waals surface area (Å²) in [4.78, 5) is 4.31. The number of fused-ring (bicyclic) bond motifs is 1. The first-order valence-corrected chi connectivity index (χ1v) is 4.88. The SMILES string of the molecule is CCc1nn2cccnc2c1CCN. The van der Waals surface area contributed by atoms with E-state index in [0.717, 1.165) is 24.2 Å². The van der Waals surface area contributed by atoms with Gasteiger partial charge in [0.25, 0.3) is 0 Å². The van der Waals surface area contributed by atoms with Gasteiger partial charge in [-0.05, 0) is 25.5 Å². The Balaban J connectivity index is 2.61. The molecule has 2 N–H and O–H groups in total. The highest BCUT2D eigenvalue weighted by Gasteiger charge is 2.10. The van der Waals surface area contributed by atoms with E-state index >= 15 is 0 Å². The molecule has 14 heavy (non-hydrogen) atoms. The largest absolute Gasteiger partial charge is 0.330 e. The molecule has 2 aromatic rings. The predicted octanol–water partition coefficient (Wildman–Crippen LogP) is 0.793. The molecule has 0 aromatic carbocycles. The van der Waals surface area contributed by atoms with Crippen LogP contribution in [0.1, 0.15) is 18.2 Å². The number of nitrogens with zero attached hydrogens (tertiary/aromatic N) is 3. The third-order valence-corrected chi connectivity index (χ3v) is 2.30. The second-order valence-electron chi connectivity index (χ2n) is 3.21. The summed E-state index contributed by atoms with van der Waals surface area (Å²) >= 11 is 0. The smallest absolute Gasteiger partial charge is 0.158 e. The summed E-state index contributed by atoms with van der Waals surface area (Å²) in [6.07, 6.45) is 5.49. The van der Waals surface area contributed by atoms with Crippen molar-refractivity contribution >= 4 is 5.65 Å². The zero-order valence-corrected chi connectivity index (χ0v) is 8.27. The average Bonchev–Trinajstić information content (AvgIpc) is 2.58. The highest BCUT2D eigenvalue weighted by molar-refractivity contribution is 5.49. The lowest BCUT2D eigenvalue weighted by Crippen LogP contribution is -2.04. The molecule has 0 bridgehead atoms. The Labute approximate surface area is 82.8 Å². The van der Waals surface area contributed by atoms with Crippen LogP contribution in [0, 0.1) is 0 Å². The summed E-state index contributed by atoms with van der Waals surface area (Å²) < 4.78 is 1.82. The van der Waals surface area contributed by atoms with Crippen LogP contribution in [-0.4, -0.2) is 21.1 Å². The molecule has 0 fully saturated rings. The Hall–Kier alpha value is -1.42. The van der Waals surface area contributed by atoms with Gasteiger partial charge in [0.2, 0.25) is 0 Å². The standard InChI is InChI=1S/C10H14N4/c1-2-9-8(4-5-11)10-12-6-3-7-14(10)13-9/h3,6-7H,2,4-5,11H2,1H3. The van der Waals surface area contributed by atoms with Crippen LogP contribution in [0.15, 0.2) is 18.5 Å². The van der Waals surface area contributed by atoms with E-state index in [1.165, 1.54) is 5.56 Å². The van der Waals surface area contributed by atoms with Gasteiger partial charge in [-0.15, -0.1) is 0 Å². The van der Waals surface area contributed by atoms with Crippen LogP contribution in [0.2, 0.25) is 0 Å². The third kappa shape index (κ3) is 1.37. The summed E-state index contributed by atoms with van der Waals surface area (Å²) in [6.45, 7) is 2.74. The van der Waals surface area contributed by atoms with Crippen molar-refractivity contribution in [1.29, 1.82) is 0 Å². The van der Waals surface area contributed by atoms with E-state index in [4.69, 9.17) is 5.73 Å². The molecule has 2 aromatic heterocycles. The van der Waals surface area contributed by atoms with Crippen molar-refractivity contribution < 1.29 is 0 Å². The average molecular weight is 190 g/mol. The van der Waals surface area contributed by atoms with Gasteiger partial charge in [0.05, 0.1) is 5.69 Å². The number of aryl methyl sites for hydroxylation is 1. The molecule has 0 spiro atoms. The van der Waals surface area contributed by atoms with Crippen LogP contribution in [-0.2, 0) is 12.8 Å². The van der Waals surface area contributed by atoms with Gasteiger partial charge in [-0.2, -0.15) is 5.10 Å². The normalized spacial score (nSPS) is 11.0. The fourth-order valence-corrected chi connectivity index (χ4v) is 1.66. The Morgan fingerprint density at radius 3 is 3.07 bits per heavy atom. The summed E-state index contributed by atoms with van der Waals surface area (Å²) in [6, 6.07) is 1.88. The molecule has 0 atom stereocenters. The molecule has 2 heterocycles. The van der Waals surface area contributed by atoms with Crippen LogP contribution in [0.5, 0.6) is 0 Å². The highest BCUT2D eigenvalue weighted by Crippen LogP contribution is 2.14. The number of hydrogen-bond acceptors (Lipinski definition) is 3. The van der Waals surface area contributed by atoms with E-state index in [2.05, 4.69) is 17.0 Å². The van der Waals surface area contributed by atoms with E-state index in [-0.39, 0.29) is 0 Å². The maximum Gasteiger partial charge on any atom is 0.158 e. The van der Waals surface area contributed by atoms with Crippen molar-refractivity contribution in [2.75, 3.05) is 6.54 Å². The monoisotopic (exact) mass is 190 g/mol.